The Kier molecular flexibility index (Phi) is 6.15. The molecule has 2 aliphatic rings. The van der Waals surface area contributed by atoms with Gasteiger partial charge in [-0.3, -0.25) is 4.90 Å². The summed E-state index contributed by atoms with van der Waals surface area (Å²) in [5, 5.41) is 0.0199. The number of amides is 1. The first-order chi connectivity index (χ1) is 14.0. The summed E-state index contributed by atoms with van der Waals surface area (Å²) in [5.74, 6) is -0.489. The van der Waals surface area contributed by atoms with Crippen LogP contribution >= 0.6 is 0 Å². The van der Waals surface area contributed by atoms with E-state index in [0.29, 0.717) is 11.2 Å². The van der Waals surface area contributed by atoms with Crippen molar-refractivity contribution in [1.29, 1.82) is 0 Å². The highest BCUT2D eigenvalue weighted by molar-refractivity contribution is 6.62. The van der Waals surface area contributed by atoms with E-state index in [0.717, 1.165) is 0 Å². The monoisotopic (exact) mass is 449 g/mol. The zero-order valence-electron chi connectivity index (χ0n) is 20.0. The Bertz CT molecular complexity index is 839. The van der Waals surface area contributed by atoms with Gasteiger partial charge in [0, 0.05) is 5.46 Å². The minimum absolute atomic E-state index is 0.0199. The fourth-order valence-corrected chi connectivity index (χ4v) is 3.93. The maximum atomic E-state index is 15.0. The van der Waals surface area contributed by atoms with E-state index in [9.17, 15) is 4.79 Å². The first kappa shape index (κ1) is 24.2. The standard InChI is InChI=1S/C22H33BFNO5Si/c1-19(2,3)31-30-20(4,5)17-13-25(18(26)27-17)14-10-11-15(16(24)12-14)23-28-21(6,7)22(8,9)29-23/h10-12,17H,13H2,1-9H3/t17-/m1/s1. The topological polar surface area (TPSA) is 57.2 Å². The molecule has 1 amide bonds. The van der Waals surface area contributed by atoms with Crippen molar-refractivity contribution in [3.63, 3.8) is 0 Å². The number of nitrogens with zero attached hydrogens (tertiary/aromatic N) is 1. The van der Waals surface area contributed by atoms with Crippen LogP contribution in [0.1, 0.15) is 62.3 Å². The summed E-state index contributed by atoms with van der Waals surface area (Å²) < 4.78 is 38.6. The Hall–Kier alpha value is -1.42. The lowest BCUT2D eigenvalue weighted by atomic mass is 9.78. The number of benzene rings is 1. The summed E-state index contributed by atoms with van der Waals surface area (Å²) in [7, 11) is -0.540. The number of ether oxygens (including phenoxy) is 1. The van der Waals surface area contributed by atoms with Gasteiger partial charge in [-0.2, -0.15) is 0 Å². The van der Waals surface area contributed by atoms with Crippen molar-refractivity contribution >= 4 is 34.1 Å². The molecular weight excluding hydrogens is 416 g/mol. The van der Waals surface area contributed by atoms with E-state index in [4.69, 9.17) is 18.5 Å². The lowest BCUT2D eigenvalue weighted by Gasteiger charge is -2.32. The van der Waals surface area contributed by atoms with Crippen LogP contribution in [0.15, 0.2) is 18.2 Å². The van der Waals surface area contributed by atoms with Gasteiger partial charge in [0.25, 0.3) is 0 Å². The van der Waals surface area contributed by atoms with Crippen LogP contribution in [0.25, 0.3) is 0 Å². The van der Waals surface area contributed by atoms with Crippen molar-refractivity contribution in [1.82, 2.24) is 0 Å². The van der Waals surface area contributed by atoms with Crippen LogP contribution in [0.5, 0.6) is 0 Å². The molecule has 9 heteroatoms. The molecule has 2 saturated heterocycles. The Morgan fingerprint density at radius 2 is 1.71 bits per heavy atom. The van der Waals surface area contributed by atoms with Gasteiger partial charge in [0.15, 0.2) is 0 Å². The molecule has 1 aromatic carbocycles. The molecule has 0 bridgehead atoms. The molecule has 2 aliphatic heterocycles. The second kappa shape index (κ2) is 7.86. The minimum atomic E-state index is -0.803. The van der Waals surface area contributed by atoms with Gasteiger partial charge < -0.3 is 18.5 Å². The SMILES string of the molecule is CC(C)(C)[Si]OC(C)(C)[C@H]1CN(c2ccc(B3OC(C)(C)C(C)(C)O3)c(F)c2)C(=O)O1. The molecule has 0 unspecified atom stereocenters. The maximum absolute atomic E-state index is 15.0. The minimum Gasteiger partial charge on any atom is -0.441 e. The van der Waals surface area contributed by atoms with E-state index in [1.165, 1.54) is 11.0 Å². The second-order valence-electron chi connectivity index (χ2n) is 10.8. The Labute approximate surface area is 187 Å². The highest BCUT2D eigenvalue weighted by Gasteiger charge is 2.52. The zero-order chi connectivity index (χ0) is 23.4. The summed E-state index contributed by atoms with van der Waals surface area (Å²) in [4.78, 5) is 14.0. The van der Waals surface area contributed by atoms with Gasteiger partial charge in [-0.25, -0.2) is 9.18 Å². The molecule has 170 valence electrons. The molecule has 0 spiro atoms. The van der Waals surface area contributed by atoms with Gasteiger partial charge in [-0.1, -0.05) is 26.8 Å². The third-order valence-electron chi connectivity index (χ3n) is 6.01. The van der Waals surface area contributed by atoms with Crippen molar-refractivity contribution < 1.29 is 27.7 Å². The van der Waals surface area contributed by atoms with Gasteiger partial charge in [-0.15, -0.1) is 0 Å². The number of cyclic esters (lactones) is 1. The average molecular weight is 449 g/mol. The van der Waals surface area contributed by atoms with E-state index in [1.807, 2.05) is 41.5 Å². The number of anilines is 1. The molecule has 0 aromatic heterocycles. The molecular formula is C22H33BFNO5Si. The van der Waals surface area contributed by atoms with Crippen LogP contribution in [0.2, 0.25) is 5.04 Å². The number of hydrogen-bond acceptors (Lipinski definition) is 5. The highest BCUT2D eigenvalue weighted by atomic mass is 28.2. The first-order valence-electron chi connectivity index (χ1n) is 10.6. The van der Waals surface area contributed by atoms with E-state index in [1.54, 1.807) is 12.1 Å². The maximum Gasteiger partial charge on any atom is 0.497 e. The number of halogens is 1. The van der Waals surface area contributed by atoms with Crippen molar-refractivity contribution in [2.24, 2.45) is 0 Å². The number of hydrogen-bond donors (Lipinski definition) is 0. The van der Waals surface area contributed by atoms with Gasteiger partial charge in [0.1, 0.15) is 11.9 Å². The smallest absolute Gasteiger partial charge is 0.441 e. The second-order valence-corrected chi connectivity index (χ2v) is 12.7. The summed E-state index contributed by atoms with van der Waals surface area (Å²) in [6, 6.07) is 4.63. The normalized spacial score (nSPS) is 23.4. The van der Waals surface area contributed by atoms with E-state index in [2.05, 4.69) is 20.8 Å². The molecule has 2 radical (unpaired) electrons. The van der Waals surface area contributed by atoms with Gasteiger partial charge in [0.05, 0.1) is 29.0 Å². The van der Waals surface area contributed by atoms with E-state index < -0.39 is 41.9 Å². The molecule has 2 fully saturated rings. The molecule has 6 nitrogen and oxygen atoms in total. The summed E-state index contributed by atoms with van der Waals surface area (Å²) in [5.41, 5.74) is -1.04. The Morgan fingerprint density at radius 3 is 2.23 bits per heavy atom. The summed E-state index contributed by atoms with van der Waals surface area (Å²) >= 11 is 0. The lowest BCUT2D eigenvalue weighted by Crippen LogP contribution is -2.44. The third-order valence-corrected chi connectivity index (χ3v) is 7.25. The number of carbonyl (C=O) groups excluding carboxylic acids is 1. The lowest BCUT2D eigenvalue weighted by molar-refractivity contribution is -0.0133. The molecule has 2 heterocycles. The predicted octanol–water partition coefficient (Wildman–Crippen LogP) is 4.08. The number of carbonyl (C=O) groups is 1. The molecule has 1 aromatic rings. The van der Waals surface area contributed by atoms with Crippen LogP contribution < -0.4 is 10.4 Å². The van der Waals surface area contributed by atoms with Crippen molar-refractivity contribution in [3.8, 4) is 0 Å². The molecule has 0 N–H and O–H groups in total. The van der Waals surface area contributed by atoms with Crippen LogP contribution in [-0.2, 0) is 18.5 Å². The van der Waals surface area contributed by atoms with Crippen LogP contribution in [-0.4, -0.2) is 52.4 Å². The van der Waals surface area contributed by atoms with E-state index >= 15 is 4.39 Å². The van der Waals surface area contributed by atoms with Crippen molar-refractivity contribution in [2.75, 3.05) is 11.4 Å². The fourth-order valence-electron chi connectivity index (χ4n) is 3.23. The molecule has 31 heavy (non-hydrogen) atoms. The van der Waals surface area contributed by atoms with Gasteiger partial charge >= 0.3 is 13.2 Å². The fraction of sp³-hybridized carbons (Fsp3) is 0.682. The average Bonchev–Trinajstić information content (AvgIpc) is 3.10. The number of rotatable bonds is 5. The predicted molar refractivity (Wildman–Crippen MR) is 120 cm³/mol. The largest absolute Gasteiger partial charge is 0.497 e. The summed E-state index contributed by atoms with van der Waals surface area (Å²) in [6.07, 6.45) is -0.968. The quantitative estimate of drug-likeness (QED) is 0.634. The Morgan fingerprint density at radius 1 is 1.13 bits per heavy atom. The molecule has 0 saturated carbocycles. The van der Waals surface area contributed by atoms with Crippen LogP contribution in [0.3, 0.4) is 0 Å². The van der Waals surface area contributed by atoms with E-state index in [-0.39, 0.29) is 21.3 Å². The molecule has 1 atom stereocenters. The van der Waals surface area contributed by atoms with Gasteiger partial charge in [-0.05, 0) is 58.7 Å². The third kappa shape index (κ3) is 5.00. The zero-order valence-corrected chi connectivity index (χ0v) is 21.0. The first-order valence-corrected chi connectivity index (χ1v) is 11.5. The van der Waals surface area contributed by atoms with Gasteiger partial charge in [0.2, 0.25) is 9.76 Å². The van der Waals surface area contributed by atoms with Crippen molar-refractivity contribution in [3.05, 3.63) is 24.0 Å². The molecule has 0 aliphatic carbocycles. The highest BCUT2D eigenvalue weighted by Crippen LogP contribution is 2.37. The van der Waals surface area contributed by atoms with Crippen LogP contribution in [0.4, 0.5) is 14.9 Å². The molecule has 3 rings (SSSR count). The summed E-state index contributed by atoms with van der Waals surface area (Å²) in [6.45, 7) is 18.1. The Balaban J connectivity index is 1.74. The van der Waals surface area contributed by atoms with Crippen molar-refractivity contribution in [2.45, 2.75) is 90.3 Å². The van der Waals surface area contributed by atoms with Crippen LogP contribution in [0, 0.1) is 5.82 Å².